The molecule has 0 radical (unpaired) electrons. The summed E-state index contributed by atoms with van der Waals surface area (Å²) in [4.78, 5) is 1.32. The van der Waals surface area contributed by atoms with Crippen molar-refractivity contribution in [1.29, 1.82) is 0 Å². The van der Waals surface area contributed by atoms with E-state index in [4.69, 9.17) is 0 Å². The van der Waals surface area contributed by atoms with Crippen LogP contribution in [-0.4, -0.2) is 16.3 Å². The Bertz CT molecular complexity index is 546. The quantitative estimate of drug-likeness (QED) is 0.590. The van der Waals surface area contributed by atoms with Gasteiger partial charge in [0.2, 0.25) is 0 Å². The molecule has 21 heavy (non-hydrogen) atoms. The summed E-state index contributed by atoms with van der Waals surface area (Å²) >= 11 is 1.87. The molecule has 0 amide bonds. The molecule has 1 N–H and O–H groups in total. The average Bonchev–Trinajstić information content (AvgIpc) is 2.87. The molecule has 0 atom stereocenters. The molecule has 0 aliphatic heterocycles. The van der Waals surface area contributed by atoms with Crippen LogP contribution in [0.4, 0.5) is 0 Å². The molecular formula is C17H25N3S. The fraction of sp³-hybridized carbons (Fsp3) is 0.471. The summed E-state index contributed by atoms with van der Waals surface area (Å²) in [5.41, 5.74) is 3.75. The maximum atomic E-state index is 4.49. The number of rotatable bonds is 8. The summed E-state index contributed by atoms with van der Waals surface area (Å²) in [5.74, 6) is 0.974. The van der Waals surface area contributed by atoms with Crippen molar-refractivity contribution in [1.82, 2.24) is 15.1 Å². The van der Waals surface area contributed by atoms with E-state index in [1.807, 2.05) is 11.8 Å². The Kier molecular flexibility index (Phi) is 6.33. The maximum Gasteiger partial charge on any atom is 0.0596 e. The first-order valence-electron chi connectivity index (χ1n) is 7.68. The molecule has 0 aliphatic carbocycles. The van der Waals surface area contributed by atoms with Crippen LogP contribution in [0, 0.1) is 6.92 Å². The van der Waals surface area contributed by atoms with Crippen molar-refractivity contribution in [2.75, 3.05) is 6.54 Å². The second-order valence-electron chi connectivity index (χ2n) is 5.20. The molecule has 1 heterocycles. The van der Waals surface area contributed by atoms with E-state index in [-0.39, 0.29) is 0 Å². The van der Waals surface area contributed by atoms with Crippen LogP contribution in [0.5, 0.6) is 0 Å². The van der Waals surface area contributed by atoms with Gasteiger partial charge in [-0.3, -0.25) is 4.68 Å². The highest BCUT2D eigenvalue weighted by Gasteiger charge is 2.04. The lowest BCUT2D eigenvalue weighted by Crippen LogP contribution is -2.13. The number of nitrogens with zero attached hydrogens (tertiary/aromatic N) is 2. The van der Waals surface area contributed by atoms with Gasteiger partial charge in [0.15, 0.2) is 0 Å². The van der Waals surface area contributed by atoms with Gasteiger partial charge in [0.05, 0.1) is 5.69 Å². The maximum absolute atomic E-state index is 4.49. The molecular weight excluding hydrogens is 278 g/mol. The lowest BCUT2D eigenvalue weighted by atomic mass is 10.2. The van der Waals surface area contributed by atoms with Crippen LogP contribution in [0.3, 0.4) is 0 Å². The highest BCUT2D eigenvalue weighted by atomic mass is 32.2. The van der Waals surface area contributed by atoms with Crippen LogP contribution in [0.1, 0.15) is 37.2 Å². The number of benzene rings is 1. The second kappa shape index (κ2) is 8.25. The van der Waals surface area contributed by atoms with E-state index in [2.05, 4.69) is 66.2 Å². The smallest absolute Gasteiger partial charge is 0.0596 e. The summed E-state index contributed by atoms with van der Waals surface area (Å²) < 4.78 is 2.09. The van der Waals surface area contributed by atoms with Gasteiger partial charge in [0.1, 0.15) is 0 Å². The summed E-state index contributed by atoms with van der Waals surface area (Å²) in [6, 6.07) is 11.0. The van der Waals surface area contributed by atoms with Gasteiger partial charge in [0, 0.05) is 29.4 Å². The van der Waals surface area contributed by atoms with Gasteiger partial charge in [-0.2, -0.15) is 5.10 Å². The van der Waals surface area contributed by atoms with E-state index in [1.165, 1.54) is 22.6 Å². The summed E-state index contributed by atoms with van der Waals surface area (Å²) in [6.45, 7) is 9.36. The molecule has 0 unspecified atom stereocenters. The van der Waals surface area contributed by atoms with Crippen molar-refractivity contribution < 1.29 is 0 Å². The molecule has 3 nitrogen and oxygen atoms in total. The van der Waals surface area contributed by atoms with Crippen molar-refractivity contribution in [3.8, 4) is 0 Å². The number of hydrogen-bond acceptors (Lipinski definition) is 3. The van der Waals surface area contributed by atoms with E-state index in [1.54, 1.807) is 0 Å². The first-order valence-corrected chi connectivity index (χ1v) is 8.67. The van der Waals surface area contributed by atoms with Gasteiger partial charge >= 0.3 is 0 Å². The number of aryl methyl sites for hydroxylation is 2. The Morgan fingerprint density at radius 1 is 1.19 bits per heavy atom. The van der Waals surface area contributed by atoms with E-state index < -0.39 is 0 Å². The lowest BCUT2D eigenvalue weighted by molar-refractivity contribution is 0.632. The molecule has 0 aliphatic rings. The van der Waals surface area contributed by atoms with E-state index in [0.717, 1.165) is 31.1 Å². The van der Waals surface area contributed by atoms with Crippen LogP contribution < -0.4 is 5.32 Å². The van der Waals surface area contributed by atoms with Crippen LogP contribution in [0.15, 0.2) is 35.2 Å². The topological polar surface area (TPSA) is 29.9 Å². The number of thioether (sulfide) groups is 1. The molecule has 4 heteroatoms. The third-order valence-corrected chi connectivity index (χ3v) is 4.40. The zero-order chi connectivity index (χ0) is 15.1. The first-order chi connectivity index (χ1) is 10.2. The van der Waals surface area contributed by atoms with Crippen molar-refractivity contribution in [3.63, 3.8) is 0 Å². The largest absolute Gasteiger partial charge is 0.313 e. The minimum atomic E-state index is 0.936. The van der Waals surface area contributed by atoms with E-state index in [9.17, 15) is 0 Å². The van der Waals surface area contributed by atoms with Crippen molar-refractivity contribution >= 4 is 11.8 Å². The fourth-order valence-electron chi connectivity index (χ4n) is 2.26. The van der Waals surface area contributed by atoms with E-state index in [0.29, 0.717) is 0 Å². The molecule has 2 aromatic rings. The number of aromatic nitrogens is 2. The molecule has 0 saturated heterocycles. The zero-order valence-electron chi connectivity index (χ0n) is 13.2. The van der Waals surface area contributed by atoms with Gasteiger partial charge in [-0.15, -0.1) is 11.8 Å². The molecule has 0 saturated carbocycles. The average molecular weight is 303 g/mol. The highest BCUT2D eigenvalue weighted by Crippen LogP contribution is 2.23. The monoisotopic (exact) mass is 303 g/mol. The molecule has 0 fully saturated rings. The van der Waals surface area contributed by atoms with Crippen LogP contribution >= 0.6 is 11.8 Å². The predicted molar refractivity (Wildman–Crippen MR) is 90.6 cm³/mol. The lowest BCUT2D eigenvalue weighted by Gasteiger charge is -2.06. The molecule has 1 aromatic heterocycles. The number of hydrogen-bond donors (Lipinski definition) is 1. The normalized spacial score (nSPS) is 11.0. The van der Waals surface area contributed by atoms with Gasteiger partial charge < -0.3 is 5.32 Å². The summed E-state index contributed by atoms with van der Waals surface area (Å²) in [5, 5.41) is 7.92. The Labute approximate surface area is 132 Å². The standard InChI is InChI=1S/C17H25N3S/c1-4-10-18-12-15-6-8-17(9-7-15)21-13-16-11-14(3)19-20(16)5-2/h6-9,11,18H,4-5,10,12-13H2,1-3H3. The minimum absolute atomic E-state index is 0.936. The van der Waals surface area contributed by atoms with Gasteiger partial charge in [-0.05, 0) is 50.6 Å². The second-order valence-corrected chi connectivity index (χ2v) is 6.25. The minimum Gasteiger partial charge on any atom is -0.313 e. The molecule has 114 valence electrons. The highest BCUT2D eigenvalue weighted by molar-refractivity contribution is 7.98. The Morgan fingerprint density at radius 3 is 2.62 bits per heavy atom. The van der Waals surface area contributed by atoms with Crippen LogP contribution in [0.2, 0.25) is 0 Å². The Morgan fingerprint density at radius 2 is 1.95 bits per heavy atom. The third kappa shape index (κ3) is 4.90. The van der Waals surface area contributed by atoms with Crippen molar-refractivity contribution in [2.45, 2.75) is 50.9 Å². The van der Waals surface area contributed by atoms with Crippen LogP contribution in [-0.2, 0) is 18.8 Å². The predicted octanol–water partition coefficient (Wildman–Crippen LogP) is 4.00. The molecule has 2 rings (SSSR count). The van der Waals surface area contributed by atoms with Crippen molar-refractivity contribution in [2.24, 2.45) is 0 Å². The molecule has 0 spiro atoms. The van der Waals surface area contributed by atoms with Crippen LogP contribution in [0.25, 0.3) is 0 Å². The van der Waals surface area contributed by atoms with E-state index >= 15 is 0 Å². The zero-order valence-corrected chi connectivity index (χ0v) is 14.0. The molecule has 1 aromatic carbocycles. The first kappa shape index (κ1) is 16.1. The van der Waals surface area contributed by atoms with Crippen molar-refractivity contribution in [3.05, 3.63) is 47.3 Å². The SMILES string of the molecule is CCCNCc1ccc(SCc2cc(C)nn2CC)cc1. The van der Waals surface area contributed by atoms with Gasteiger partial charge in [0.25, 0.3) is 0 Å². The molecule has 0 bridgehead atoms. The fourth-order valence-corrected chi connectivity index (χ4v) is 3.13. The Balaban J connectivity index is 1.88. The third-order valence-electron chi connectivity index (χ3n) is 3.35. The summed E-state index contributed by atoms with van der Waals surface area (Å²) in [6.07, 6.45) is 1.18. The number of nitrogens with one attached hydrogen (secondary N) is 1. The van der Waals surface area contributed by atoms with Gasteiger partial charge in [-0.1, -0.05) is 19.1 Å². The summed E-state index contributed by atoms with van der Waals surface area (Å²) in [7, 11) is 0. The Hall–Kier alpha value is -1.26. The van der Waals surface area contributed by atoms with Gasteiger partial charge in [-0.25, -0.2) is 0 Å².